The molecule has 2 N–H and O–H groups in total. The van der Waals surface area contributed by atoms with Crippen molar-refractivity contribution in [2.45, 2.75) is 56.1 Å². The fourth-order valence-corrected chi connectivity index (χ4v) is 6.12. The molecule has 1 unspecified atom stereocenters. The van der Waals surface area contributed by atoms with Crippen molar-refractivity contribution in [1.29, 1.82) is 0 Å². The predicted molar refractivity (Wildman–Crippen MR) is 140 cm³/mol. The van der Waals surface area contributed by atoms with Crippen LogP contribution in [0.3, 0.4) is 0 Å². The molecule has 3 aromatic rings. The van der Waals surface area contributed by atoms with Crippen LogP contribution in [0.5, 0.6) is 0 Å². The van der Waals surface area contributed by atoms with Crippen LogP contribution in [0, 0.1) is 0 Å². The van der Waals surface area contributed by atoms with E-state index < -0.39 is 10.0 Å². The fourth-order valence-electron chi connectivity index (χ4n) is 4.89. The number of sulfonamides is 1. The summed E-state index contributed by atoms with van der Waals surface area (Å²) in [5, 5.41) is 0. The van der Waals surface area contributed by atoms with Crippen molar-refractivity contribution in [3.05, 3.63) is 95.3 Å². The lowest BCUT2D eigenvalue weighted by Gasteiger charge is -2.35. The van der Waals surface area contributed by atoms with E-state index in [9.17, 15) is 8.42 Å². The summed E-state index contributed by atoms with van der Waals surface area (Å²) in [7, 11) is -1.97. The summed E-state index contributed by atoms with van der Waals surface area (Å²) in [5.41, 5.74) is 10.2. The quantitative estimate of drug-likeness (QED) is 0.398. The number of hydrogen-bond acceptors (Lipinski definition) is 5. The van der Waals surface area contributed by atoms with Crippen LogP contribution in [0.1, 0.15) is 54.1 Å². The van der Waals surface area contributed by atoms with Crippen LogP contribution in [0.4, 0.5) is 0 Å². The molecule has 2 aromatic carbocycles. The second kappa shape index (κ2) is 11.9. The van der Waals surface area contributed by atoms with Crippen molar-refractivity contribution in [3.63, 3.8) is 0 Å². The van der Waals surface area contributed by atoms with Crippen LogP contribution in [-0.4, -0.2) is 42.7 Å². The summed E-state index contributed by atoms with van der Waals surface area (Å²) in [4.78, 5) is 7.53. The molecule has 186 valence electrons. The molecule has 6 nitrogen and oxygen atoms in total. The third-order valence-electron chi connectivity index (χ3n) is 6.75. The van der Waals surface area contributed by atoms with E-state index in [0.717, 1.165) is 55.5 Å². The molecular formula is C28H36N4O2S. The number of fused-ring (bicyclic) bond motifs is 1. The van der Waals surface area contributed by atoms with Crippen molar-refractivity contribution < 1.29 is 8.42 Å². The average Bonchev–Trinajstić information content (AvgIpc) is 2.88. The third-order valence-corrected chi connectivity index (χ3v) is 8.55. The maximum atomic E-state index is 13.3. The minimum absolute atomic E-state index is 0.235. The molecule has 4 rings (SSSR count). The summed E-state index contributed by atoms with van der Waals surface area (Å²) in [6.07, 6.45) is 7.12. The first-order valence-electron chi connectivity index (χ1n) is 12.5. The Bertz CT molecular complexity index is 1200. The number of aryl methyl sites for hydroxylation is 1. The van der Waals surface area contributed by atoms with Crippen LogP contribution in [0.2, 0.25) is 0 Å². The molecule has 1 heterocycles. The fraction of sp³-hybridized carbons (Fsp3) is 0.393. The Morgan fingerprint density at radius 1 is 0.971 bits per heavy atom. The van der Waals surface area contributed by atoms with Gasteiger partial charge in [0.1, 0.15) is 0 Å². The summed E-state index contributed by atoms with van der Waals surface area (Å²) in [5.74, 6) is 0. The Morgan fingerprint density at radius 3 is 2.57 bits per heavy atom. The molecule has 0 saturated carbocycles. The number of rotatable bonds is 11. The second-order valence-corrected chi connectivity index (χ2v) is 11.4. The van der Waals surface area contributed by atoms with E-state index in [1.165, 1.54) is 9.87 Å². The highest BCUT2D eigenvalue weighted by Crippen LogP contribution is 2.34. The minimum Gasteiger partial charge on any atom is -0.330 e. The molecule has 0 radical (unpaired) electrons. The Morgan fingerprint density at radius 2 is 1.77 bits per heavy atom. The van der Waals surface area contributed by atoms with Crippen molar-refractivity contribution in [1.82, 2.24) is 14.2 Å². The largest absolute Gasteiger partial charge is 0.330 e. The van der Waals surface area contributed by atoms with E-state index >= 15 is 0 Å². The Labute approximate surface area is 209 Å². The normalized spacial score (nSPS) is 15.9. The van der Waals surface area contributed by atoms with Crippen LogP contribution in [-0.2, 0) is 29.5 Å². The average molecular weight is 493 g/mol. The van der Waals surface area contributed by atoms with Crippen LogP contribution >= 0.6 is 0 Å². The van der Waals surface area contributed by atoms with E-state index in [1.54, 1.807) is 13.1 Å². The van der Waals surface area contributed by atoms with Gasteiger partial charge in [0.15, 0.2) is 0 Å². The molecule has 0 saturated heterocycles. The van der Waals surface area contributed by atoms with Crippen molar-refractivity contribution in [2.24, 2.45) is 5.73 Å². The standard InChI is InChI=1S/C28H36N4O2S/c1-31(21-23-10-3-2-4-11-23)35(33,34)26-15-7-12-24(20-26)22-32(19-6-5-17-29)27-16-8-13-25-14-9-18-30-28(25)27/h2-4,7,9-12,14-15,18,20,27H,5-6,8,13,16-17,19,21-22,29H2,1H3. The summed E-state index contributed by atoms with van der Waals surface area (Å²) in [6, 6.07) is 21.5. The van der Waals surface area contributed by atoms with E-state index in [4.69, 9.17) is 10.7 Å². The zero-order chi connectivity index (χ0) is 24.7. The summed E-state index contributed by atoms with van der Waals surface area (Å²) in [6.45, 7) is 2.59. The van der Waals surface area contributed by atoms with Gasteiger partial charge in [-0.1, -0.05) is 48.5 Å². The first-order chi connectivity index (χ1) is 17.0. The highest BCUT2D eigenvalue weighted by Gasteiger charge is 2.27. The number of aromatic nitrogens is 1. The van der Waals surface area contributed by atoms with Gasteiger partial charge in [-0.3, -0.25) is 9.88 Å². The Balaban J connectivity index is 1.56. The second-order valence-electron chi connectivity index (χ2n) is 9.32. The van der Waals surface area contributed by atoms with E-state index in [0.29, 0.717) is 24.5 Å². The molecule has 0 fully saturated rings. The van der Waals surface area contributed by atoms with E-state index in [-0.39, 0.29) is 6.04 Å². The topological polar surface area (TPSA) is 79.5 Å². The van der Waals surface area contributed by atoms with Gasteiger partial charge >= 0.3 is 0 Å². The van der Waals surface area contributed by atoms with Crippen LogP contribution < -0.4 is 5.73 Å². The van der Waals surface area contributed by atoms with Crippen molar-refractivity contribution in [2.75, 3.05) is 20.1 Å². The third kappa shape index (κ3) is 6.35. The van der Waals surface area contributed by atoms with Gasteiger partial charge in [0.25, 0.3) is 0 Å². The first kappa shape index (κ1) is 25.5. The van der Waals surface area contributed by atoms with E-state index in [1.807, 2.05) is 60.8 Å². The molecule has 0 amide bonds. The van der Waals surface area contributed by atoms with Gasteiger partial charge in [-0.25, -0.2) is 8.42 Å². The lowest BCUT2D eigenvalue weighted by Crippen LogP contribution is -2.33. The maximum absolute atomic E-state index is 13.3. The number of unbranched alkanes of at least 4 members (excludes halogenated alkanes) is 1. The predicted octanol–water partition coefficient (Wildman–Crippen LogP) is 4.52. The molecule has 35 heavy (non-hydrogen) atoms. The summed E-state index contributed by atoms with van der Waals surface area (Å²) < 4.78 is 28.1. The Kier molecular flexibility index (Phi) is 8.68. The molecular weight excluding hydrogens is 456 g/mol. The van der Waals surface area contributed by atoms with Gasteiger partial charge in [-0.15, -0.1) is 0 Å². The van der Waals surface area contributed by atoms with Gasteiger partial charge in [0, 0.05) is 26.3 Å². The number of nitrogens with zero attached hydrogens (tertiary/aromatic N) is 3. The smallest absolute Gasteiger partial charge is 0.243 e. The van der Waals surface area contributed by atoms with Crippen LogP contribution in [0.15, 0.2) is 77.8 Å². The van der Waals surface area contributed by atoms with Crippen molar-refractivity contribution >= 4 is 10.0 Å². The number of pyridine rings is 1. The van der Waals surface area contributed by atoms with Gasteiger partial charge < -0.3 is 5.73 Å². The Hall–Kier alpha value is -2.58. The highest BCUT2D eigenvalue weighted by molar-refractivity contribution is 7.89. The lowest BCUT2D eigenvalue weighted by molar-refractivity contribution is 0.163. The van der Waals surface area contributed by atoms with Gasteiger partial charge in [0.2, 0.25) is 10.0 Å². The molecule has 1 aromatic heterocycles. The van der Waals surface area contributed by atoms with Gasteiger partial charge in [0.05, 0.1) is 16.6 Å². The number of nitrogens with two attached hydrogens (primary N) is 1. The minimum atomic E-state index is -3.60. The molecule has 0 spiro atoms. The maximum Gasteiger partial charge on any atom is 0.243 e. The number of hydrogen-bond donors (Lipinski definition) is 1. The molecule has 7 heteroatoms. The molecule has 0 bridgehead atoms. The zero-order valence-corrected chi connectivity index (χ0v) is 21.3. The van der Waals surface area contributed by atoms with Gasteiger partial charge in [-0.05, 0) is 80.1 Å². The molecule has 1 aliphatic rings. The SMILES string of the molecule is CN(Cc1ccccc1)S(=O)(=O)c1cccc(CN(CCCCN)C2CCCc3cccnc32)c1. The molecule has 1 atom stereocenters. The highest BCUT2D eigenvalue weighted by atomic mass is 32.2. The monoisotopic (exact) mass is 492 g/mol. The zero-order valence-electron chi connectivity index (χ0n) is 20.5. The molecule has 1 aliphatic carbocycles. The number of benzene rings is 2. The van der Waals surface area contributed by atoms with E-state index in [2.05, 4.69) is 11.0 Å². The lowest BCUT2D eigenvalue weighted by atomic mass is 9.90. The van der Waals surface area contributed by atoms with Crippen LogP contribution in [0.25, 0.3) is 0 Å². The summed E-state index contributed by atoms with van der Waals surface area (Å²) >= 11 is 0. The molecule has 0 aliphatic heterocycles. The van der Waals surface area contributed by atoms with Crippen molar-refractivity contribution in [3.8, 4) is 0 Å². The van der Waals surface area contributed by atoms with Gasteiger partial charge in [-0.2, -0.15) is 4.31 Å². The first-order valence-corrected chi connectivity index (χ1v) is 13.9.